The Morgan fingerprint density at radius 1 is 0.370 bits per heavy atom. The molecule has 2 heterocycles. The van der Waals surface area contributed by atoms with Crippen molar-refractivity contribution in [2.75, 3.05) is 9.80 Å². The molecule has 5 nitrogen and oxygen atoms in total. The van der Waals surface area contributed by atoms with E-state index < -0.39 is 0 Å². The predicted octanol–water partition coefficient (Wildman–Crippen LogP) is 14.0. The molecule has 2 aromatic heterocycles. The van der Waals surface area contributed by atoms with Crippen LogP contribution in [0.25, 0.3) is 55.6 Å². The highest BCUT2D eigenvalue weighted by molar-refractivity contribution is 6.11. The van der Waals surface area contributed by atoms with Crippen LogP contribution in [0.2, 0.25) is 0 Å². The van der Waals surface area contributed by atoms with Crippen molar-refractivity contribution in [1.82, 2.24) is 4.98 Å². The molecule has 0 radical (unpaired) electrons. The summed E-state index contributed by atoms with van der Waals surface area (Å²) in [7, 11) is 0. The Labute approximate surface area is 312 Å². The van der Waals surface area contributed by atoms with Gasteiger partial charge in [0.2, 0.25) is 5.89 Å². The van der Waals surface area contributed by atoms with Gasteiger partial charge < -0.3 is 18.6 Å². The second kappa shape index (κ2) is 13.3. The number of nitrogens with zero attached hydrogens (tertiary/aromatic N) is 3. The third-order valence-electron chi connectivity index (χ3n) is 9.86. The number of fused-ring (bicyclic) bond motifs is 4. The first-order valence-electron chi connectivity index (χ1n) is 18.1. The summed E-state index contributed by atoms with van der Waals surface area (Å²) in [5.74, 6) is 0.551. The Morgan fingerprint density at radius 2 is 0.944 bits per heavy atom. The molecule has 8 aromatic carbocycles. The smallest absolute Gasteiger partial charge is 0.227 e. The lowest BCUT2D eigenvalue weighted by Gasteiger charge is -2.30. The molecule has 0 saturated carbocycles. The van der Waals surface area contributed by atoms with Gasteiger partial charge in [-0.15, -0.1) is 0 Å². The minimum absolute atomic E-state index is 0.551. The van der Waals surface area contributed by atoms with Crippen LogP contribution < -0.4 is 9.80 Å². The molecule has 10 rings (SSSR count). The van der Waals surface area contributed by atoms with Gasteiger partial charge in [-0.3, -0.25) is 0 Å². The molecule has 0 aliphatic heterocycles. The van der Waals surface area contributed by atoms with Gasteiger partial charge >= 0.3 is 0 Å². The van der Waals surface area contributed by atoms with E-state index in [-0.39, 0.29) is 0 Å². The molecule has 0 aliphatic rings. The summed E-state index contributed by atoms with van der Waals surface area (Å²) < 4.78 is 13.4. The summed E-state index contributed by atoms with van der Waals surface area (Å²) in [5, 5.41) is 2.12. The minimum atomic E-state index is 0.551. The highest BCUT2D eigenvalue weighted by atomic mass is 16.3. The number of furan rings is 1. The molecule has 10 aromatic rings. The van der Waals surface area contributed by atoms with Crippen molar-refractivity contribution < 1.29 is 8.83 Å². The molecular weight excluding hydrogens is 663 g/mol. The molecule has 256 valence electrons. The third kappa shape index (κ3) is 5.47. The molecule has 0 N–H and O–H groups in total. The van der Waals surface area contributed by atoms with Crippen molar-refractivity contribution in [3.05, 3.63) is 200 Å². The van der Waals surface area contributed by atoms with Crippen molar-refractivity contribution in [3.8, 4) is 22.6 Å². The van der Waals surface area contributed by atoms with Crippen LogP contribution in [0.15, 0.2) is 209 Å². The van der Waals surface area contributed by atoms with E-state index in [2.05, 4.69) is 155 Å². The number of oxazole rings is 1. The fraction of sp³-hybridized carbons (Fsp3) is 0. The van der Waals surface area contributed by atoms with Crippen molar-refractivity contribution in [2.45, 2.75) is 0 Å². The lowest BCUT2D eigenvalue weighted by Crippen LogP contribution is -2.14. The van der Waals surface area contributed by atoms with Crippen LogP contribution >= 0.6 is 0 Å². The summed E-state index contributed by atoms with van der Waals surface area (Å²) in [6, 6.07) is 68.9. The Balaban J connectivity index is 1.29. The molecule has 0 saturated heterocycles. The van der Waals surface area contributed by atoms with Gasteiger partial charge in [-0.05, 0) is 66.2 Å². The summed E-state index contributed by atoms with van der Waals surface area (Å²) in [6.07, 6.45) is 0. The van der Waals surface area contributed by atoms with Gasteiger partial charge in [-0.25, -0.2) is 4.98 Å². The summed E-state index contributed by atoms with van der Waals surface area (Å²) in [4.78, 5) is 9.79. The van der Waals surface area contributed by atoms with Crippen molar-refractivity contribution >= 4 is 67.2 Å². The first-order chi connectivity index (χ1) is 26.8. The number of anilines is 6. The zero-order chi connectivity index (χ0) is 35.8. The van der Waals surface area contributed by atoms with E-state index in [4.69, 9.17) is 13.8 Å². The zero-order valence-corrected chi connectivity index (χ0v) is 29.2. The molecule has 0 amide bonds. The molecule has 0 atom stereocenters. The van der Waals surface area contributed by atoms with Crippen LogP contribution in [-0.4, -0.2) is 4.98 Å². The predicted molar refractivity (Wildman–Crippen MR) is 222 cm³/mol. The Bertz CT molecular complexity index is 2880. The quantitative estimate of drug-likeness (QED) is 0.158. The molecule has 5 heteroatoms. The molecular formula is C49H33N3O2. The first-order valence-corrected chi connectivity index (χ1v) is 18.1. The highest BCUT2D eigenvalue weighted by Gasteiger charge is 2.26. The highest BCUT2D eigenvalue weighted by Crippen LogP contribution is 2.48. The van der Waals surface area contributed by atoms with Crippen molar-refractivity contribution in [3.63, 3.8) is 0 Å². The van der Waals surface area contributed by atoms with Gasteiger partial charge in [0.1, 0.15) is 11.1 Å². The first kappa shape index (κ1) is 31.4. The van der Waals surface area contributed by atoms with Crippen LogP contribution in [0.3, 0.4) is 0 Å². The van der Waals surface area contributed by atoms with Gasteiger partial charge in [-0.2, -0.15) is 0 Å². The summed E-state index contributed by atoms with van der Waals surface area (Å²) in [5.41, 5.74) is 11.9. The van der Waals surface area contributed by atoms with Crippen molar-refractivity contribution in [1.29, 1.82) is 0 Å². The van der Waals surface area contributed by atoms with E-state index in [0.717, 1.165) is 78.3 Å². The van der Waals surface area contributed by atoms with E-state index >= 15 is 0 Å². The van der Waals surface area contributed by atoms with Gasteiger partial charge in [-0.1, -0.05) is 133 Å². The molecule has 0 bridgehead atoms. The van der Waals surface area contributed by atoms with Gasteiger partial charge in [0.05, 0.1) is 22.7 Å². The van der Waals surface area contributed by atoms with Crippen LogP contribution in [-0.2, 0) is 0 Å². The Kier molecular flexibility index (Phi) is 7.73. The average Bonchev–Trinajstić information content (AvgIpc) is 3.86. The van der Waals surface area contributed by atoms with E-state index in [1.54, 1.807) is 0 Å². The maximum Gasteiger partial charge on any atom is 0.227 e. The van der Waals surface area contributed by atoms with Gasteiger partial charge in [0, 0.05) is 39.3 Å². The standard InChI is InChI=1S/C49H33N3O2/c1-5-18-34(19-6-1)39-26-13-15-29-42(39)51(36-22-9-3-10-23-36)38-32-44(47-46(33-38)54-49(50-47)35-20-7-2-8-21-35)52(37-24-11-4-12-25-37)43-30-17-28-41-40-27-14-16-31-45(40)53-48(41)43/h1-33H. The molecule has 0 aliphatic carbocycles. The van der Waals surface area contributed by atoms with Crippen LogP contribution in [0.4, 0.5) is 34.1 Å². The lowest BCUT2D eigenvalue weighted by molar-refractivity contribution is 0.620. The summed E-state index contributed by atoms with van der Waals surface area (Å²) >= 11 is 0. The fourth-order valence-electron chi connectivity index (χ4n) is 7.43. The monoisotopic (exact) mass is 695 g/mol. The number of para-hydroxylation sites is 5. The largest absolute Gasteiger partial charge is 0.454 e. The minimum Gasteiger partial charge on any atom is -0.454 e. The fourth-order valence-corrected chi connectivity index (χ4v) is 7.43. The summed E-state index contributed by atoms with van der Waals surface area (Å²) in [6.45, 7) is 0. The van der Waals surface area contributed by atoms with E-state index in [1.807, 2.05) is 54.6 Å². The van der Waals surface area contributed by atoms with E-state index in [9.17, 15) is 0 Å². The average molecular weight is 696 g/mol. The SMILES string of the molecule is c1ccc(-c2nc3c(N(c4ccccc4)c4cccc5c4oc4ccccc45)cc(N(c4ccccc4)c4ccccc4-c4ccccc4)cc3o2)cc1. The maximum absolute atomic E-state index is 6.74. The van der Waals surface area contributed by atoms with E-state index in [1.165, 1.54) is 0 Å². The maximum atomic E-state index is 6.74. The number of hydrogen-bond acceptors (Lipinski definition) is 5. The van der Waals surface area contributed by atoms with Crippen LogP contribution in [0.1, 0.15) is 0 Å². The molecule has 54 heavy (non-hydrogen) atoms. The topological polar surface area (TPSA) is 45.7 Å². The van der Waals surface area contributed by atoms with Gasteiger partial charge in [0.25, 0.3) is 0 Å². The molecule has 0 unspecified atom stereocenters. The molecule has 0 fully saturated rings. The molecule has 0 spiro atoms. The second-order valence-corrected chi connectivity index (χ2v) is 13.2. The van der Waals surface area contributed by atoms with Crippen LogP contribution in [0.5, 0.6) is 0 Å². The Morgan fingerprint density at radius 3 is 1.69 bits per heavy atom. The lowest BCUT2D eigenvalue weighted by atomic mass is 10.0. The third-order valence-corrected chi connectivity index (χ3v) is 9.86. The normalized spacial score (nSPS) is 11.3. The van der Waals surface area contributed by atoms with Crippen LogP contribution in [0, 0.1) is 0 Å². The zero-order valence-electron chi connectivity index (χ0n) is 29.2. The van der Waals surface area contributed by atoms with E-state index in [0.29, 0.717) is 11.5 Å². The Hall–Kier alpha value is -7.37. The number of hydrogen-bond donors (Lipinski definition) is 0. The number of rotatable bonds is 8. The number of aromatic nitrogens is 1. The number of benzene rings is 8. The van der Waals surface area contributed by atoms with Crippen molar-refractivity contribution in [2.24, 2.45) is 0 Å². The second-order valence-electron chi connectivity index (χ2n) is 13.2. The van der Waals surface area contributed by atoms with Gasteiger partial charge in [0.15, 0.2) is 11.2 Å².